The Bertz CT molecular complexity index is 1150. The average molecular weight is 479 g/mol. The summed E-state index contributed by atoms with van der Waals surface area (Å²) in [6.45, 7) is 1.32. The van der Waals surface area contributed by atoms with Gasteiger partial charge in [-0.05, 0) is 39.6 Å². The lowest BCUT2D eigenvalue weighted by Gasteiger charge is -2.55. The molecule has 0 aliphatic heterocycles. The molecule has 0 bridgehead atoms. The fourth-order valence-corrected chi connectivity index (χ4v) is 6.30. The van der Waals surface area contributed by atoms with Gasteiger partial charge in [-0.15, -0.1) is 0 Å². The van der Waals surface area contributed by atoms with E-state index in [-0.39, 0.29) is 22.6 Å². The van der Waals surface area contributed by atoms with Crippen LogP contribution in [0.4, 0.5) is 0 Å². The van der Waals surface area contributed by atoms with Crippen LogP contribution in [-0.4, -0.2) is 75.0 Å². The highest BCUT2D eigenvalue weighted by molar-refractivity contribution is 6.34. The third-order valence-electron chi connectivity index (χ3n) is 7.43. The van der Waals surface area contributed by atoms with Gasteiger partial charge < -0.3 is 21.1 Å². The van der Waals surface area contributed by atoms with Crippen molar-refractivity contribution in [3.05, 3.63) is 28.3 Å². The summed E-state index contributed by atoms with van der Waals surface area (Å²) < 4.78 is 0. The number of aromatic hydroxyl groups is 1. The fourth-order valence-electron chi connectivity index (χ4n) is 5.95. The zero-order valence-electron chi connectivity index (χ0n) is 18.0. The van der Waals surface area contributed by atoms with Crippen LogP contribution in [0.2, 0.25) is 5.02 Å². The number of nitrogens with two attached hydrogens (primary N) is 1. The molecule has 0 aromatic heterocycles. The molecule has 1 aromatic rings. The number of benzene rings is 1. The predicted molar refractivity (Wildman–Crippen MR) is 112 cm³/mol. The average Bonchev–Trinajstić information content (AvgIpc) is 2.69. The van der Waals surface area contributed by atoms with Gasteiger partial charge in [0.2, 0.25) is 5.91 Å². The summed E-state index contributed by atoms with van der Waals surface area (Å²) in [5, 5.41) is 33.3. The van der Waals surface area contributed by atoms with Gasteiger partial charge in [0.1, 0.15) is 5.75 Å². The lowest BCUT2D eigenvalue weighted by Crippen LogP contribution is -2.75. The number of phenolic OH excluding ortho intramolecular Hbond substituents is 1. The summed E-state index contributed by atoms with van der Waals surface area (Å²) in [5.74, 6) is -12.5. The molecule has 4 rings (SSSR count). The van der Waals surface area contributed by atoms with Gasteiger partial charge in [0.15, 0.2) is 34.7 Å². The second-order valence-corrected chi connectivity index (χ2v) is 9.80. The Balaban J connectivity index is 1.97. The van der Waals surface area contributed by atoms with Crippen LogP contribution in [0.3, 0.4) is 0 Å². The van der Waals surface area contributed by atoms with E-state index >= 15 is 0 Å². The van der Waals surface area contributed by atoms with Gasteiger partial charge in [0, 0.05) is 22.4 Å². The molecule has 0 heterocycles. The standard InChI is InChI=1S/C22H23ClN2O8/c1-21(32)7-6-8-15(25(2)3)17(28)13(20(24)31)19(30)22(8,33)18(29)11(7)16(27)12-10(26)5-4-9(23)14(12)21/h4-5,7-8,11,13,15,26,32-33H,6H2,1-3H3,(H2,24,31)/t7-,8-,11+,13+,15-,21-,22-/m0/s1. The first-order chi connectivity index (χ1) is 15.2. The number of rotatable bonds is 2. The van der Waals surface area contributed by atoms with Crippen molar-refractivity contribution in [2.75, 3.05) is 14.1 Å². The summed E-state index contributed by atoms with van der Waals surface area (Å²) in [6, 6.07) is 1.17. The van der Waals surface area contributed by atoms with Crippen LogP contribution in [-0.2, 0) is 24.8 Å². The molecule has 176 valence electrons. The quantitative estimate of drug-likeness (QED) is 0.396. The molecule has 7 atom stereocenters. The first kappa shape index (κ1) is 23.5. The minimum absolute atomic E-state index is 0.0124. The summed E-state index contributed by atoms with van der Waals surface area (Å²) in [7, 11) is 2.95. The largest absolute Gasteiger partial charge is 0.507 e. The van der Waals surface area contributed by atoms with Crippen molar-refractivity contribution in [3.63, 3.8) is 0 Å². The molecule has 33 heavy (non-hydrogen) atoms. The molecule has 5 N–H and O–H groups in total. The Morgan fingerprint density at radius 1 is 1.12 bits per heavy atom. The molecular formula is C22H23ClN2O8. The maximum absolute atomic E-state index is 13.7. The van der Waals surface area contributed by atoms with E-state index in [0.717, 1.165) is 6.07 Å². The molecule has 3 aliphatic carbocycles. The molecule has 0 radical (unpaired) electrons. The van der Waals surface area contributed by atoms with E-state index in [0.29, 0.717) is 0 Å². The van der Waals surface area contributed by atoms with Crippen LogP contribution >= 0.6 is 11.6 Å². The molecule has 3 aliphatic rings. The third kappa shape index (κ3) is 2.81. The number of likely N-dealkylation sites (N-methyl/N-ethyl adjacent to an activating group) is 1. The Kier molecular flexibility index (Phi) is 5.10. The number of carbonyl (C=O) groups excluding carboxylic acids is 5. The first-order valence-corrected chi connectivity index (χ1v) is 10.7. The minimum atomic E-state index is -2.86. The number of primary amides is 1. The van der Waals surface area contributed by atoms with Gasteiger partial charge >= 0.3 is 0 Å². The molecule has 1 aromatic carbocycles. The number of ketones is 4. The fraction of sp³-hybridized carbons (Fsp3) is 0.500. The van der Waals surface area contributed by atoms with Crippen LogP contribution in [0.5, 0.6) is 5.75 Å². The van der Waals surface area contributed by atoms with Crippen LogP contribution in [0.1, 0.15) is 29.3 Å². The topological polar surface area (TPSA) is 175 Å². The number of hydrogen-bond acceptors (Lipinski definition) is 9. The minimum Gasteiger partial charge on any atom is -0.507 e. The van der Waals surface area contributed by atoms with Crippen molar-refractivity contribution in [2.24, 2.45) is 29.4 Å². The van der Waals surface area contributed by atoms with Crippen molar-refractivity contribution in [2.45, 2.75) is 30.6 Å². The lowest BCUT2D eigenvalue weighted by atomic mass is 9.49. The van der Waals surface area contributed by atoms with E-state index < -0.39 is 75.7 Å². The third-order valence-corrected chi connectivity index (χ3v) is 7.75. The van der Waals surface area contributed by atoms with E-state index in [1.165, 1.54) is 32.0 Å². The number of halogens is 1. The highest BCUT2D eigenvalue weighted by Crippen LogP contribution is 2.56. The first-order valence-electron chi connectivity index (χ1n) is 10.3. The molecule has 2 saturated carbocycles. The van der Waals surface area contributed by atoms with Crippen molar-refractivity contribution >= 4 is 40.6 Å². The van der Waals surface area contributed by atoms with Crippen molar-refractivity contribution < 1.29 is 39.3 Å². The van der Waals surface area contributed by atoms with Crippen LogP contribution in [0, 0.1) is 23.7 Å². The smallest absolute Gasteiger partial charge is 0.235 e. The highest BCUT2D eigenvalue weighted by atomic mass is 35.5. The molecule has 11 heteroatoms. The monoisotopic (exact) mass is 478 g/mol. The molecule has 0 unspecified atom stereocenters. The van der Waals surface area contributed by atoms with Crippen LogP contribution < -0.4 is 5.73 Å². The maximum atomic E-state index is 13.7. The summed E-state index contributed by atoms with van der Waals surface area (Å²) in [6.07, 6.45) is -0.289. The van der Waals surface area contributed by atoms with E-state index in [1.54, 1.807) is 0 Å². The van der Waals surface area contributed by atoms with Crippen LogP contribution in [0.15, 0.2) is 12.1 Å². The van der Waals surface area contributed by atoms with Crippen LogP contribution in [0.25, 0.3) is 0 Å². The maximum Gasteiger partial charge on any atom is 0.235 e. The number of carbonyl (C=O) groups is 5. The predicted octanol–water partition coefficient (Wildman–Crippen LogP) is -0.815. The van der Waals surface area contributed by atoms with Gasteiger partial charge in [0.05, 0.1) is 23.1 Å². The Morgan fingerprint density at radius 3 is 2.27 bits per heavy atom. The Morgan fingerprint density at radius 2 is 1.73 bits per heavy atom. The Labute approximate surface area is 193 Å². The van der Waals surface area contributed by atoms with Gasteiger partial charge in [-0.2, -0.15) is 0 Å². The SMILES string of the molecule is CN(C)[C@@H]1C(=O)[C@@H](C(N)=O)C(=O)[C@@]2(O)C(=O)[C@H]3C(=O)c4c(O)ccc(Cl)c4[C@@](C)(O)[C@H]3C[C@@H]12. The number of amides is 1. The Hall–Kier alpha value is -2.66. The number of nitrogens with zero attached hydrogens (tertiary/aromatic N) is 1. The van der Waals surface area contributed by atoms with Gasteiger partial charge in [-0.3, -0.25) is 28.9 Å². The highest BCUT2D eigenvalue weighted by Gasteiger charge is 2.71. The number of aliphatic hydroxyl groups is 2. The van der Waals surface area contributed by atoms with Crippen molar-refractivity contribution in [1.82, 2.24) is 4.90 Å². The van der Waals surface area contributed by atoms with Crippen molar-refractivity contribution in [3.8, 4) is 5.75 Å². The van der Waals surface area contributed by atoms with E-state index in [9.17, 15) is 39.3 Å². The number of Topliss-reactive ketones (excluding diaryl/α,β-unsaturated/α-hetero) is 4. The zero-order chi connectivity index (χ0) is 24.8. The van der Waals surface area contributed by atoms with Gasteiger partial charge in [0.25, 0.3) is 0 Å². The summed E-state index contributed by atoms with van der Waals surface area (Å²) >= 11 is 6.25. The van der Waals surface area contributed by atoms with Gasteiger partial charge in [-0.1, -0.05) is 11.6 Å². The molecular weight excluding hydrogens is 456 g/mol. The zero-order valence-corrected chi connectivity index (χ0v) is 18.8. The van der Waals surface area contributed by atoms with E-state index in [4.69, 9.17) is 17.3 Å². The van der Waals surface area contributed by atoms with E-state index in [2.05, 4.69) is 0 Å². The molecule has 0 spiro atoms. The second kappa shape index (κ2) is 7.17. The summed E-state index contributed by atoms with van der Waals surface area (Å²) in [4.78, 5) is 66.6. The summed E-state index contributed by atoms with van der Waals surface area (Å²) in [5.41, 5.74) is 0.0293. The number of phenols is 1. The van der Waals surface area contributed by atoms with E-state index in [1.807, 2.05) is 0 Å². The lowest BCUT2D eigenvalue weighted by molar-refractivity contribution is -0.188. The van der Waals surface area contributed by atoms with Gasteiger partial charge in [-0.25, -0.2) is 0 Å². The van der Waals surface area contributed by atoms with Crippen molar-refractivity contribution in [1.29, 1.82) is 0 Å². The molecule has 0 saturated heterocycles. The molecule has 10 nitrogen and oxygen atoms in total. The molecule has 2 fully saturated rings. The number of fused-ring (bicyclic) bond motifs is 3. The second-order valence-electron chi connectivity index (χ2n) is 9.40. The normalized spacial score (nSPS) is 38.1. The number of hydrogen-bond donors (Lipinski definition) is 4. The molecule has 1 amide bonds.